The number of aromatic nitrogens is 3. The van der Waals surface area contributed by atoms with E-state index in [1.54, 1.807) is 0 Å². The van der Waals surface area contributed by atoms with E-state index in [0.29, 0.717) is 42.5 Å². The zero-order valence-corrected chi connectivity index (χ0v) is 24.5. The Morgan fingerprint density at radius 1 is 1.18 bits per heavy atom. The molecule has 2 N–H and O–H groups in total. The minimum atomic E-state index is -0.966. The fourth-order valence-electron chi connectivity index (χ4n) is 7.99. The van der Waals surface area contributed by atoms with Crippen LogP contribution in [0.2, 0.25) is 0 Å². The zero-order chi connectivity index (χ0) is 31.0. The number of benzene rings is 2. The van der Waals surface area contributed by atoms with Crippen LogP contribution in [-0.4, -0.2) is 81.5 Å². The second kappa shape index (κ2) is 10.3. The van der Waals surface area contributed by atoms with Gasteiger partial charge in [0.25, 0.3) is 0 Å². The molecule has 0 saturated carbocycles. The summed E-state index contributed by atoms with van der Waals surface area (Å²) in [6.45, 7) is 6.71. The maximum absolute atomic E-state index is 16.8. The van der Waals surface area contributed by atoms with Gasteiger partial charge in [-0.05, 0) is 42.8 Å². The molecule has 8 rings (SSSR count). The smallest absolute Gasteiger partial charge is 0.319 e. The van der Waals surface area contributed by atoms with Crippen molar-refractivity contribution < 1.29 is 23.0 Å². The van der Waals surface area contributed by atoms with Crippen molar-refractivity contribution in [1.29, 1.82) is 0 Å². The topological polar surface area (TPSA) is 86.6 Å². The molecule has 4 aliphatic heterocycles. The summed E-state index contributed by atoms with van der Waals surface area (Å²) < 4.78 is 52.4. The minimum Gasteiger partial charge on any atom is -0.508 e. The summed E-state index contributed by atoms with van der Waals surface area (Å²) in [6.07, 6.45) is 9.07. The molecule has 4 aromatic rings. The molecule has 0 radical (unpaired) electrons. The molecule has 230 valence electrons. The van der Waals surface area contributed by atoms with Crippen LogP contribution in [0, 0.1) is 24.0 Å². The third-order valence-electron chi connectivity index (χ3n) is 9.87. The van der Waals surface area contributed by atoms with Gasteiger partial charge in [-0.3, -0.25) is 9.88 Å². The van der Waals surface area contributed by atoms with Crippen LogP contribution >= 0.6 is 0 Å². The Morgan fingerprint density at radius 3 is 2.76 bits per heavy atom. The number of halogens is 3. The fourth-order valence-corrected chi connectivity index (χ4v) is 7.99. The van der Waals surface area contributed by atoms with Crippen molar-refractivity contribution in [3.8, 4) is 35.4 Å². The molecule has 4 aliphatic rings. The molecular weight excluding hydrogens is 581 g/mol. The molecule has 2 aromatic carbocycles. The average Bonchev–Trinajstić information content (AvgIpc) is 3.57. The van der Waals surface area contributed by atoms with Crippen molar-refractivity contribution in [3.63, 3.8) is 0 Å². The molecule has 2 aromatic heterocycles. The van der Waals surface area contributed by atoms with Gasteiger partial charge in [-0.2, -0.15) is 9.97 Å². The summed E-state index contributed by atoms with van der Waals surface area (Å²) in [5.41, 5.74) is 0.386. The predicted octanol–water partition coefficient (Wildman–Crippen LogP) is 4.87. The SMILES string of the molecule is C#Cc1c(F)ccc2cc(O)cc(-c3ncc4c(N5C6CCC5CNC6)nc(OC[C@]56CC(=C)CN5C[C@@H](F)C6)nc4c3F)c12. The summed E-state index contributed by atoms with van der Waals surface area (Å²) in [5.74, 6) is 1.33. The normalized spacial score (nSPS) is 26.1. The van der Waals surface area contributed by atoms with E-state index in [2.05, 4.69) is 37.6 Å². The van der Waals surface area contributed by atoms with E-state index in [9.17, 15) is 13.9 Å². The lowest BCUT2D eigenvalue weighted by Gasteiger charge is -2.37. The highest BCUT2D eigenvalue weighted by Crippen LogP contribution is 2.44. The molecule has 4 atom stereocenters. The van der Waals surface area contributed by atoms with Gasteiger partial charge in [-0.15, -0.1) is 6.42 Å². The van der Waals surface area contributed by atoms with Crippen LogP contribution in [0.5, 0.6) is 11.8 Å². The number of terminal acetylenes is 1. The number of fused-ring (bicyclic) bond motifs is 5. The lowest BCUT2D eigenvalue weighted by molar-refractivity contribution is 0.107. The summed E-state index contributed by atoms with van der Waals surface area (Å²) in [7, 11) is 0. The Morgan fingerprint density at radius 2 is 1.98 bits per heavy atom. The van der Waals surface area contributed by atoms with Crippen molar-refractivity contribution in [2.45, 2.75) is 49.5 Å². The van der Waals surface area contributed by atoms with Gasteiger partial charge in [0, 0.05) is 61.8 Å². The number of hydrogen-bond acceptors (Lipinski definition) is 8. The lowest BCUT2D eigenvalue weighted by Crippen LogP contribution is -2.52. The maximum atomic E-state index is 16.8. The predicted molar refractivity (Wildman–Crippen MR) is 165 cm³/mol. The fraction of sp³-hybridized carbons (Fsp3) is 0.382. The van der Waals surface area contributed by atoms with Crippen molar-refractivity contribution in [3.05, 3.63) is 59.8 Å². The molecule has 8 nitrogen and oxygen atoms in total. The largest absolute Gasteiger partial charge is 0.508 e. The number of anilines is 1. The van der Waals surface area contributed by atoms with Gasteiger partial charge in [0.1, 0.15) is 41.4 Å². The molecule has 2 unspecified atom stereocenters. The molecule has 0 aliphatic carbocycles. The van der Waals surface area contributed by atoms with E-state index in [1.807, 2.05) is 0 Å². The van der Waals surface area contributed by atoms with Crippen LogP contribution in [0.3, 0.4) is 0 Å². The second-order valence-electron chi connectivity index (χ2n) is 12.7. The number of hydrogen-bond donors (Lipinski definition) is 2. The van der Waals surface area contributed by atoms with E-state index < -0.39 is 23.3 Å². The zero-order valence-electron chi connectivity index (χ0n) is 24.5. The van der Waals surface area contributed by atoms with Crippen LogP contribution in [0.25, 0.3) is 32.9 Å². The van der Waals surface area contributed by atoms with Crippen LogP contribution in [-0.2, 0) is 0 Å². The van der Waals surface area contributed by atoms with Gasteiger partial charge in [-0.1, -0.05) is 24.1 Å². The maximum Gasteiger partial charge on any atom is 0.319 e. The number of nitrogens with one attached hydrogen (secondary N) is 1. The number of nitrogens with zero attached hydrogens (tertiary/aromatic N) is 5. The van der Waals surface area contributed by atoms with Crippen LogP contribution in [0.15, 0.2) is 42.6 Å². The van der Waals surface area contributed by atoms with Gasteiger partial charge in [0.2, 0.25) is 0 Å². The first kappa shape index (κ1) is 28.1. The third kappa shape index (κ3) is 4.42. The number of alkyl halides is 1. The summed E-state index contributed by atoms with van der Waals surface area (Å²) in [5, 5.41) is 15.1. The van der Waals surface area contributed by atoms with Gasteiger partial charge in [0.15, 0.2) is 5.82 Å². The van der Waals surface area contributed by atoms with E-state index in [4.69, 9.17) is 16.1 Å². The van der Waals surface area contributed by atoms with Gasteiger partial charge in [0.05, 0.1) is 16.5 Å². The number of phenols is 1. The Labute approximate surface area is 257 Å². The van der Waals surface area contributed by atoms with E-state index in [1.165, 1.54) is 30.5 Å². The number of pyridine rings is 1. The number of phenolic OH excluding ortho intramolecular Hbond substituents is 1. The first-order chi connectivity index (χ1) is 21.7. The molecule has 6 heterocycles. The van der Waals surface area contributed by atoms with E-state index in [-0.39, 0.29) is 58.2 Å². The standard InChI is InChI=1S/C34H31F3N6O2/c1-3-24-27(36)7-4-19-8-23(44)9-25(28(19)24)30-29(37)31-26(14-39-30)32(43-21-5-6-22(43)13-38-12-21)41-33(40-31)45-17-34-10-18(2)15-42(34)16-20(35)11-34/h1,4,7-9,14,20-22,38,44H,2,5-6,10-13,15-17H2/t20-,21?,22?,34+/m0/s1. The van der Waals surface area contributed by atoms with Gasteiger partial charge < -0.3 is 20.1 Å². The molecule has 4 fully saturated rings. The van der Waals surface area contributed by atoms with Gasteiger partial charge in [-0.25, -0.2) is 13.2 Å². The average molecular weight is 613 g/mol. The molecule has 11 heteroatoms. The van der Waals surface area contributed by atoms with Crippen molar-refractivity contribution in [2.75, 3.05) is 37.7 Å². The number of aromatic hydroxyl groups is 1. The molecule has 2 bridgehead atoms. The summed E-state index contributed by atoms with van der Waals surface area (Å²) in [4.78, 5) is 18.2. The van der Waals surface area contributed by atoms with Crippen LogP contribution in [0.1, 0.15) is 31.2 Å². The molecule has 0 spiro atoms. The highest BCUT2D eigenvalue weighted by Gasteiger charge is 2.51. The van der Waals surface area contributed by atoms with Crippen molar-refractivity contribution in [2.24, 2.45) is 0 Å². The Bertz CT molecular complexity index is 1930. The Balaban J connectivity index is 1.29. The second-order valence-corrected chi connectivity index (χ2v) is 12.7. The molecular formula is C34H31F3N6O2. The Hall–Kier alpha value is -4.40. The third-order valence-corrected chi connectivity index (χ3v) is 9.87. The highest BCUT2D eigenvalue weighted by atomic mass is 19.1. The van der Waals surface area contributed by atoms with Crippen LogP contribution in [0.4, 0.5) is 19.0 Å². The lowest BCUT2D eigenvalue weighted by atomic mass is 9.93. The first-order valence-corrected chi connectivity index (χ1v) is 15.2. The monoisotopic (exact) mass is 612 g/mol. The number of piperazine rings is 1. The summed E-state index contributed by atoms with van der Waals surface area (Å²) in [6, 6.07) is 5.75. The number of ether oxygens (including phenoxy) is 1. The van der Waals surface area contributed by atoms with E-state index >= 15 is 4.39 Å². The van der Waals surface area contributed by atoms with Crippen LogP contribution < -0.4 is 15.0 Å². The molecule has 4 saturated heterocycles. The quantitative estimate of drug-likeness (QED) is 0.244. The molecule has 45 heavy (non-hydrogen) atoms. The van der Waals surface area contributed by atoms with E-state index in [0.717, 1.165) is 31.5 Å². The molecule has 0 amide bonds. The highest BCUT2D eigenvalue weighted by molar-refractivity contribution is 6.03. The first-order valence-electron chi connectivity index (χ1n) is 15.2. The van der Waals surface area contributed by atoms with Crippen molar-refractivity contribution >= 4 is 27.5 Å². The van der Waals surface area contributed by atoms with Gasteiger partial charge >= 0.3 is 6.01 Å². The van der Waals surface area contributed by atoms with Crippen molar-refractivity contribution in [1.82, 2.24) is 25.2 Å². The number of rotatable bonds is 5. The minimum absolute atomic E-state index is 0.0169. The Kier molecular flexibility index (Phi) is 6.45. The summed E-state index contributed by atoms with van der Waals surface area (Å²) >= 11 is 0.